The molecule has 1 aliphatic rings. The minimum absolute atomic E-state index is 0.173. The maximum absolute atomic E-state index is 10.9. The highest BCUT2D eigenvalue weighted by Crippen LogP contribution is 2.30. The third-order valence-electron chi connectivity index (χ3n) is 3.69. The van der Waals surface area contributed by atoms with Gasteiger partial charge in [-0.05, 0) is 37.6 Å². The normalized spacial score (nSPS) is 19.6. The second-order valence-electron chi connectivity index (χ2n) is 5.21. The monoisotopic (exact) mass is 347 g/mol. The molecule has 0 spiro atoms. The molecule has 6 heteroatoms. The van der Waals surface area contributed by atoms with Crippen LogP contribution in [0.4, 0.5) is 0 Å². The summed E-state index contributed by atoms with van der Waals surface area (Å²) in [6.07, 6.45) is 3.50. The van der Waals surface area contributed by atoms with E-state index in [1.54, 1.807) is 23.9 Å². The molecule has 21 heavy (non-hydrogen) atoms. The number of thioether (sulfide) groups is 1. The van der Waals surface area contributed by atoms with Crippen molar-refractivity contribution in [2.75, 3.05) is 18.8 Å². The predicted molar refractivity (Wildman–Crippen MR) is 88.7 cm³/mol. The zero-order valence-electron chi connectivity index (χ0n) is 11.7. The van der Waals surface area contributed by atoms with Gasteiger partial charge < -0.3 is 5.11 Å². The summed E-state index contributed by atoms with van der Waals surface area (Å²) >= 11 is 13.8. The fourth-order valence-corrected chi connectivity index (χ4v) is 4.13. The van der Waals surface area contributed by atoms with Crippen molar-refractivity contribution in [1.29, 1.82) is 0 Å². The molecule has 0 saturated carbocycles. The fourth-order valence-electron chi connectivity index (χ4n) is 2.65. The van der Waals surface area contributed by atoms with Gasteiger partial charge in [-0.3, -0.25) is 9.69 Å². The zero-order valence-corrected chi connectivity index (χ0v) is 14.1. The van der Waals surface area contributed by atoms with Crippen LogP contribution in [-0.4, -0.2) is 40.9 Å². The Balaban J connectivity index is 1.86. The van der Waals surface area contributed by atoms with Gasteiger partial charge in [0.05, 0.1) is 11.4 Å². The van der Waals surface area contributed by atoms with Crippen LogP contribution in [0.1, 0.15) is 25.7 Å². The Morgan fingerprint density at radius 2 is 2.19 bits per heavy atom. The van der Waals surface area contributed by atoms with E-state index in [1.807, 2.05) is 6.07 Å². The van der Waals surface area contributed by atoms with Crippen LogP contribution in [0.25, 0.3) is 0 Å². The molecule has 1 aromatic rings. The fraction of sp³-hybridized carbons (Fsp3) is 0.533. The molecule has 0 bridgehead atoms. The molecule has 1 aliphatic heterocycles. The van der Waals surface area contributed by atoms with Gasteiger partial charge in [0, 0.05) is 28.3 Å². The first kappa shape index (κ1) is 16.9. The smallest absolute Gasteiger partial charge is 0.304 e. The van der Waals surface area contributed by atoms with Crippen LogP contribution in [0, 0.1) is 0 Å². The van der Waals surface area contributed by atoms with Crippen molar-refractivity contribution in [1.82, 2.24) is 4.90 Å². The highest BCUT2D eigenvalue weighted by Gasteiger charge is 2.24. The van der Waals surface area contributed by atoms with E-state index in [0.29, 0.717) is 10.0 Å². The van der Waals surface area contributed by atoms with Gasteiger partial charge >= 0.3 is 5.97 Å². The second-order valence-corrected chi connectivity index (χ2v) is 7.19. The van der Waals surface area contributed by atoms with Crippen molar-refractivity contribution in [3.8, 4) is 0 Å². The maximum Gasteiger partial charge on any atom is 0.304 e. The van der Waals surface area contributed by atoms with Crippen LogP contribution < -0.4 is 0 Å². The van der Waals surface area contributed by atoms with E-state index in [4.69, 9.17) is 28.3 Å². The molecule has 1 atom stereocenters. The Morgan fingerprint density at radius 3 is 2.95 bits per heavy atom. The van der Waals surface area contributed by atoms with Crippen molar-refractivity contribution < 1.29 is 9.90 Å². The molecule has 1 saturated heterocycles. The summed E-state index contributed by atoms with van der Waals surface area (Å²) in [5.41, 5.74) is 0. The van der Waals surface area contributed by atoms with Crippen molar-refractivity contribution in [2.24, 2.45) is 0 Å². The van der Waals surface area contributed by atoms with Gasteiger partial charge in [0.25, 0.3) is 0 Å². The summed E-state index contributed by atoms with van der Waals surface area (Å²) in [6, 6.07) is 5.63. The number of piperidine rings is 1. The molecule has 116 valence electrons. The summed E-state index contributed by atoms with van der Waals surface area (Å²) in [5.74, 6) is 0.174. The Kier molecular flexibility index (Phi) is 6.68. The number of likely N-dealkylation sites (tertiary alicyclic amines) is 1. The number of carbonyl (C=O) groups is 1. The average Bonchev–Trinajstić information content (AvgIpc) is 2.44. The topological polar surface area (TPSA) is 40.5 Å². The lowest BCUT2D eigenvalue weighted by molar-refractivity contribution is -0.138. The van der Waals surface area contributed by atoms with Crippen molar-refractivity contribution in [3.63, 3.8) is 0 Å². The summed E-state index contributed by atoms with van der Waals surface area (Å²) in [7, 11) is 0. The van der Waals surface area contributed by atoms with E-state index in [0.717, 1.165) is 43.0 Å². The third kappa shape index (κ3) is 5.37. The lowest BCUT2D eigenvalue weighted by Gasteiger charge is -2.34. The first-order valence-corrected chi connectivity index (χ1v) is 8.84. The molecule has 1 fully saturated rings. The van der Waals surface area contributed by atoms with E-state index in [-0.39, 0.29) is 12.5 Å². The number of hydrogen-bond donors (Lipinski definition) is 1. The van der Waals surface area contributed by atoms with Gasteiger partial charge in [-0.2, -0.15) is 0 Å². The number of hydrogen-bond acceptors (Lipinski definition) is 3. The van der Waals surface area contributed by atoms with Crippen LogP contribution in [0.15, 0.2) is 23.1 Å². The summed E-state index contributed by atoms with van der Waals surface area (Å²) < 4.78 is 0. The Labute approximate surface area is 139 Å². The van der Waals surface area contributed by atoms with Gasteiger partial charge in [0.2, 0.25) is 0 Å². The molecule has 0 aliphatic carbocycles. The van der Waals surface area contributed by atoms with Crippen molar-refractivity contribution >= 4 is 40.9 Å². The van der Waals surface area contributed by atoms with Crippen LogP contribution in [0.3, 0.4) is 0 Å². The highest BCUT2D eigenvalue weighted by molar-refractivity contribution is 7.99. The number of rotatable bonds is 6. The predicted octanol–water partition coefficient (Wildman–Crippen LogP) is 4.41. The second kappa shape index (κ2) is 8.28. The van der Waals surface area contributed by atoms with E-state index in [2.05, 4.69) is 4.90 Å². The molecule has 1 heterocycles. The van der Waals surface area contributed by atoms with Gasteiger partial charge in [0.15, 0.2) is 0 Å². The molecule has 1 aromatic carbocycles. The molecule has 1 N–H and O–H groups in total. The van der Waals surface area contributed by atoms with Gasteiger partial charge in [-0.15, -0.1) is 11.8 Å². The molecule has 0 aromatic heterocycles. The molecule has 3 nitrogen and oxygen atoms in total. The Bertz CT molecular complexity index is 499. The lowest BCUT2D eigenvalue weighted by atomic mass is 9.99. The SMILES string of the molecule is O=C(O)CC1CCCCN1CCSc1cc(Cl)ccc1Cl. The van der Waals surface area contributed by atoms with Gasteiger partial charge in [-0.1, -0.05) is 29.6 Å². The highest BCUT2D eigenvalue weighted by atomic mass is 35.5. The van der Waals surface area contributed by atoms with E-state index < -0.39 is 5.97 Å². The Morgan fingerprint density at radius 1 is 1.38 bits per heavy atom. The van der Waals surface area contributed by atoms with E-state index in [9.17, 15) is 4.79 Å². The summed E-state index contributed by atoms with van der Waals surface area (Å²) in [6.45, 7) is 1.87. The third-order valence-corrected chi connectivity index (χ3v) is 5.40. The van der Waals surface area contributed by atoms with Crippen LogP contribution in [0.2, 0.25) is 10.0 Å². The van der Waals surface area contributed by atoms with Gasteiger partial charge in [0.1, 0.15) is 0 Å². The minimum atomic E-state index is -0.711. The first-order valence-electron chi connectivity index (χ1n) is 7.10. The number of carboxylic acid groups (broad SMARTS) is 1. The number of nitrogens with zero attached hydrogens (tertiary/aromatic N) is 1. The standard InChI is InChI=1S/C15H19Cl2NO2S/c16-11-4-5-13(17)14(9-11)21-8-7-18-6-2-1-3-12(18)10-15(19)20/h4-5,9,12H,1-3,6-8,10H2,(H,19,20). The number of benzene rings is 1. The maximum atomic E-state index is 10.9. The zero-order chi connectivity index (χ0) is 15.2. The molecule has 2 rings (SSSR count). The summed E-state index contributed by atoms with van der Waals surface area (Å²) in [5, 5.41) is 10.4. The largest absolute Gasteiger partial charge is 0.481 e. The first-order chi connectivity index (χ1) is 10.1. The van der Waals surface area contributed by atoms with Gasteiger partial charge in [-0.25, -0.2) is 0 Å². The summed E-state index contributed by atoms with van der Waals surface area (Å²) in [4.78, 5) is 14.2. The van der Waals surface area contributed by atoms with Crippen molar-refractivity contribution in [3.05, 3.63) is 28.2 Å². The van der Waals surface area contributed by atoms with Crippen molar-refractivity contribution in [2.45, 2.75) is 36.6 Å². The number of aliphatic carboxylic acids is 1. The van der Waals surface area contributed by atoms with Crippen LogP contribution in [0.5, 0.6) is 0 Å². The molecule has 1 unspecified atom stereocenters. The van der Waals surface area contributed by atoms with E-state index in [1.165, 1.54) is 0 Å². The molecule has 0 amide bonds. The van der Waals surface area contributed by atoms with E-state index >= 15 is 0 Å². The lowest BCUT2D eigenvalue weighted by Crippen LogP contribution is -2.42. The quantitative estimate of drug-likeness (QED) is 0.773. The molecular weight excluding hydrogens is 329 g/mol. The number of carboxylic acids is 1. The van der Waals surface area contributed by atoms with Crippen LogP contribution in [-0.2, 0) is 4.79 Å². The Hall–Kier alpha value is -0.420. The molecule has 0 radical (unpaired) electrons. The molecular formula is C15H19Cl2NO2S. The average molecular weight is 348 g/mol. The minimum Gasteiger partial charge on any atom is -0.481 e. The number of halogens is 2. The van der Waals surface area contributed by atoms with Crippen LogP contribution >= 0.6 is 35.0 Å².